The van der Waals surface area contributed by atoms with E-state index in [-0.39, 0.29) is 0 Å². The lowest BCUT2D eigenvalue weighted by atomic mass is 10.9. The zero-order valence-corrected chi connectivity index (χ0v) is 6.80. The third kappa shape index (κ3) is 3.56. The van der Waals surface area contributed by atoms with Gasteiger partial charge in [0, 0.05) is 6.61 Å². The van der Waals surface area contributed by atoms with Crippen molar-refractivity contribution in [1.29, 1.82) is 0 Å². The summed E-state index contributed by atoms with van der Waals surface area (Å²) in [7, 11) is 0. The molecule has 1 unspecified atom stereocenters. The summed E-state index contributed by atoms with van der Waals surface area (Å²) in [6.07, 6.45) is 0.455. The third-order valence-corrected chi connectivity index (χ3v) is 3.23. The van der Waals surface area contributed by atoms with E-state index in [9.17, 15) is 4.89 Å². The number of hydrogen-bond donors (Lipinski definition) is 0. The lowest BCUT2D eigenvalue weighted by Crippen LogP contribution is -2.05. The van der Waals surface area contributed by atoms with E-state index in [4.69, 9.17) is 4.52 Å². The van der Waals surface area contributed by atoms with Crippen LogP contribution in [0.25, 0.3) is 0 Å². The van der Waals surface area contributed by atoms with Gasteiger partial charge in [-0.25, -0.2) is 0 Å². The van der Waals surface area contributed by atoms with Gasteiger partial charge in [0.1, 0.15) is 0 Å². The van der Waals surface area contributed by atoms with Crippen molar-refractivity contribution < 1.29 is 9.42 Å². The second-order valence-corrected chi connectivity index (χ2v) is 5.13. The van der Waals surface area contributed by atoms with Crippen molar-refractivity contribution in [3.05, 3.63) is 0 Å². The van der Waals surface area contributed by atoms with Gasteiger partial charge in [0.2, 0.25) is 0 Å². The Bertz CT molecular complexity index is 104. The standard InChI is InChI=1S/C4H11O2PS/c1-3-6-7(5,8)4-2/h3-4H2,1-2H3,(H,5,8)/p-1. The summed E-state index contributed by atoms with van der Waals surface area (Å²) in [5, 5.41) is 0. The Morgan fingerprint density at radius 3 is 2.25 bits per heavy atom. The molecule has 0 saturated heterocycles. The van der Waals surface area contributed by atoms with Gasteiger partial charge in [-0.3, -0.25) is 0 Å². The number of hydrogen-bond acceptors (Lipinski definition) is 3. The monoisotopic (exact) mass is 153 g/mol. The summed E-state index contributed by atoms with van der Waals surface area (Å²) in [4.78, 5) is 10.8. The van der Waals surface area contributed by atoms with Crippen LogP contribution in [0.4, 0.5) is 0 Å². The molecule has 0 rings (SSSR count). The van der Waals surface area contributed by atoms with E-state index in [1.807, 2.05) is 0 Å². The quantitative estimate of drug-likeness (QED) is 0.560. The molecule has 0 aliphatic rings. The highest BCUT2D eigenvalue weighted by Gasteiger charge is 1.94. The minimum absolute atomic E-state index is 0.453. The fourth-order valence-electron chi connectivity index (χ4n) is 0.288. The smallest absolute Gasteiger partial charge is 0.0474 e. The minimum atomic E-state index is -2.59. The first-order valence-electron chi connectivity index (χ1n) is 2.57. The van der Waals surface area contributed by atoms with E-state index in [0.29, 0.717) is 12.8 Å². The highest BCUT2D eigenvalue weighted by molar-refractivity contribution is 8.08. The second kappa shape index (κ2) is 3.57. The van der Waals surface area contributed by atoms with E-state index in [1.54, 1.807) is 13.8 Å². The molecule has 0 aromatic heterocycles. The fourth-order valence-corrected chi connectivity index (χ4v) is 1.18. The average Bonchev–Trinajstić information content (AvgIpc) is 1.67. The second-order valence-electron chi connectivity index (χ2n) is 1.34. The molecular formula is C4H10O2PS-. The Balaban J connectivity index is 3.55. The molecule has 0 aromatic carbocycles. The average molecular weight is 153 g/mol. The molecule has 0 aliphatic heterocycles. The molecule has 4 heteroatoms. The van der Waals surface area contributed by atoms with Crippen LogP contribution in [0.2, 0.25) is 0 Å². The maximum Gasteiger partial charge on any atom is 0.0474 e. The predicted octanol–water partition coefficient (Wildman–Crippen LogP) is 0.713. The van der Waals surface area contributed by atoms with Crippen molar-refractivity contribution in [2.75, 3.05) is 12.8 Å². The van der Waals surface area contributed by atoms with E-state index < -0.39 is 6.49 Å². The van der Waals surface area contributed by atoms with Gasteiger partial charge in [-0.2, -0.15) is 0 Å². The van der Waals surface area contributed by atoms with E-state index in [2.05, 4.69) is 11.8 Å². The summed E-state index contributed by atoms with van der Waals surface area (Å²) >= 11 is 4.58. The third-order valence-electron chi connectivity index (χ3n) is 0.713. The molecule has 0 heterocycles. The molecule has 0 amide bonds. The van der Waals surface area contributed by atoms with Gasteiger partial charge < -0.3 is 9.42 Å². The van der Waals surface area contributed by atoms with E-state index in [0.717, 1.165) is 0 Å². The van der Waals surface area contributed by atoms with Gasteiger partial charge in [-0.1, -0.05) is 18.7 Å². The lowest BCUT2D eigenvalue weighted by Gasteiger charge is -2.24. The lowest BCUT2D eigenvalue weighted by molar-refractivity contribution is -0.181. The fraction of sp³-hybridized carbons (Fsp3) is 1.00. The number of rotatable bonds is 3. The van der Waals surface area contributed by atoms with Gasteiger partial charge in [-0.05, 0) is 19.6 Å². The highest BCUT2D eigenvalue weighted by Crippen LogP contribution is 2.35. The van der Waals surface area contributed by atoms with Crippen LogP contribution in [-0.2, 0) is 16.3 Å². The summed E-state index contributed by atoms with van der Waals surface area (Å²) in [5.41, 5.74) is 0. The van der Waals surface area contributed by atoms with Crippen molar-refractivity contribution in [2.24, 2.45) is 0 Å². The highest BCUT2D eigenvalue weighted by atomic mass is 32.5. The van der Waals surface area contributed by atoms with Gasteiger partial charge in [-0.15, -0.1) is 0 Å². The first-order valence-corrected chi connectivity index (χ1v) is 5.39. The van der Waals surface area contributed by atoms with Crippen molar-refractivity contribution in [2.45, 2.75) is 13.8 Å². The maximum absolute atomic E-state index is 10.8. The first kappa shape index (κ1) is 8.57. The van der Waals surface area contributed by atoms with Gasteiger partial charge in [0.15, 0.2) is 0 Å². The molecule has 0 aromatic rings. The summed E-state index contributed by atoms with van der Waals surface area (Å²) in [5.74, 6) is 0. The largest absolute Gasteiger partial charge is 0.801 e. The summed E-state index contributed by atoms with van der Waals surface area (Å²) < 4.78 is 4.75. The molecule has 8 heavy (non-hydrogen) atoms. The zero-order valence-electron chi connectivity index (χ0n) is 5.09. The van der Waals surface area contributed by atoms with Crippen LogP contribution in [0.1, 0.15) is 13.8 Å². The van der Waals surface area contributed by atoms with Gasteiger partial charge in [0.05, 0.1) is 0 Å². The van der Waals surface area contributed by atoms with Gasteiger partial charge >= 0.3 is 0 Å². The Labute approximate surface area is 55.0 Å². The molecule has 0 saturated carbocycles. The van der Waals surface area contributed by atoms with Crippen LogP contribution in [0.5, 0.6) is 0 Å². The molecular weight excluding hydrogens is 143 g/mol. The normalized spacial score (nSPS) is 17.9. The summed E-state index contributed by atoms with van der Waals surface area (Å²) in [6, 6.07) is 0. The van der Waals surface area contributed by atoms with Crippen LogP contribution in [0.15, 0.2) is 0 Å². The van der Waals surface area contributed by atoms with Gasteiger partial charge in [0.25, 0.3) is 0 Å². The molecule has 0 N–H and O–H groups in total. The molecule has 0 fully saturated rings. The molecule has 0 aliphatic carbocycles. The van der Waals surface area contributed by atoms with Crippen LogP contribution in [0, 0.1) is 0 Å². The molecule has 1 atom stereocenters. The Morgan fingerprint density at radius 2 is 2.12 bits per heavy atom. The zero-order chi connectivity index (χ0) is 6.62. The van der Waals surface area contributed by atoms with E-state index in [1.165, 1.54) is 0 Å². The van der Waals surface area contributed by atoms with Crippen molar-refractivity contribution >= 4 is 18.3 Å². The van der Waals surface area contributed by atoms with Crippen molar-refractivity contribution in [1.82, 2.24) is 0 Å². The van der Waals surface area contributed by atoms with E-state index >= 15 is 0 Å². The molecule has 50 valence electrons. The molecule has 0 radical (unpaired) electrons. The van der Waals surface area contributed by atoms with Crippen LogP contribution in [0.3, 0.4) is 0 Å². The van der Waals surface area contributed by atoms with Crippen LogP contribution >= 0.6 is 6.49 Å². The Kier molecular flexibility index (Phi) is 3.82. The minimum Gasteiger partial charge on any atom is -0.801 e. The van der Waals surface area contributed by atoms with Crippen LogP contribution < -0.4 is 4.89 Å². The molecule has 0 bridgehead atoms. The van der Waals surface area contributed by atoms with Crippen LogP contribution in [-0.4, -0.2) is 12.8 Å². The SMILES string of the molecule is CCOP([O-])(=S)CC. The topological polar surface area (TPSA) is 32.3 Å². The first-order chi connectivity index (χ1) is 3.62. The Morgan fingerprint density at radius 1 is 1.62 bits per heavy atom. The van der Waals surface area contributed by atoms with Crippen molar-refractivity contribution in [3.63, 3.8) is 0 Å². The maximum atomic E-state index is 10.8. The molecule has 0 spiro atoms. The Hall–Kier alpha value is 0.570. The molecule has 2 nitrogen and oxygen atoms in total. The van der Waals surface area contributed by atoms with Crippen molar-refractivity contribution in [3.8, 4) is 0 Å². The summed E-state index contributed by atoms with van der Waals surface area (Å²) in [6.45, 7) is 1.42. The predicted molar refractivity (Wildman–Crippen MR) is 36.5 cm³/mol.